The monoisotopic (exact) mass is 594 g/mol. The number of nitrogens with zero attached hydrogens (tertiary/aromatic N) is 1. The second kappa shape index (κ2) is 16.8. The van der Waals surface area contributed by atoms with Crippen LogP contribution in [-0.2, 0) is 6.54 Å². The van der Waals surface area contributed by atoms with E-state index in [0.717, 1.165) is 37.9 Å². The largest absolute Gasteiger partial charge is 0.493 e. The van der Waals surface area contributed by atoms with Crippen LogP contribution in [0.5, 0.6) is 11.5 Å². The zero-order chi connectivity index (χ0) is 29.0. The Morgan fingerprint density at radius 1 is 0.881 bits per heavy atom. The molecule has 4 aromatic rings. The summed E-state index contributed by atoms with van der Waals surface area (Å²) in [4.78, 5) is 27.3. The van der Waals surface area contributed by atoms with Crippen molar-refractivity contribution in [2.75, 3.05) is 19.7 Å². The summed E-state index contributed by atoms with van der Waals surface area (Å²) in [6.45, 7) is 9.29. The van der Waals surface area contributed by atoms with Gasteiger partial charge in [-0.2, -0.15) is 0 Å². The van der Waals surface area contributed by atoms with Crippen molar-refractivity contribution in [1.82, 2.24) is 10.2 Å². The van der Waals surface area contributed by atoms with Gasteiger partial charge in [0.1, 0.15) is 22.7 Å². The van der Waals surface area contributed by atoms with Crippen LogP contribution in [0.3, 0.4) is 0 Å². The summed E-state index contributed by atoms with van der Waals surface area (Å²) < 4.78 is 17.5. The van der Waals surface area contributed by atoms with E-state index in [1.54, 1.807) is 24.3 Å². The molecule has 0 fully saturated rings. The summed E-state index contributed by atoms with van der Waals surface area (Å²) >= 11 is 0. The van der Waals surface area contributed by atoms with Crippen molar-refractivity contribution in [3.05, 3.63) is 82.5 Å². The third-order valence-corrected chi connectivity index (χ3v) is 7.18. The Bertz CT molecular complexity index is 1490. The highest BCUT2D eigenvalue weighted by atomic mass is 35.5. The molecule has 1 N–H and O–H groups in total. The third-order valence-electron chi connectivity index (χ3n) is 7.18. The molecule has 3 aromatic carbocycles. The molecule has 0 atom stereocenters. The lowest BCUT2D eigenvalue weighted by Gasteiger charge is -2.26. The first-order valence-electron chi connectivity index (χ1n) is 14.8. The van der Waals surface area contributed by atoms with Gasteiger partial charge >= 0.3 is 6.09 Å². The lowest BCUT2D eigenvalue weighted by Crippen LogP contribution is -2.32. The molecule has 0 saturated carbocycles. The van der Waals surface area contributed by atoms with Gasteiger partial charge in [-0.3, -0.25) is 9.69 Å². The Morgan fingerprint density at radius 3 is 2.48 bits per heavy atom. The topological polar surface area (TPSA) is 81.0 Å². The highest BCUT2D eigenvalue weighted by Crippen LogP contribution is 2.23. The molecule has 0 aliphatic carbocycles. The van der Waals surface area contributed by atoms with E-state index < -0.39 is 6.09 Å². The van der Waals surface area contributed by atoms with Crippen LogP contribution in [-0.4, -0.2) is 36.7 Å². The van der Waals surface area contributed by atoms with Crippen molar-refractivity contribution in [2.45, 2.75) is 71.9 Å². The van der Waals surface area contributed by atoms with Gasteiger partial charge in [0.15, 0.2) is 0 Å². The Kier molecular flexibility index (Phi) is 13.2. The Balaban J connectivity index is 0.00000484. The van der Waals surface area contributed by atoms with Crippen LogP contribution in [0.15, 0.2) is 75.9 Å². The third kappa shape index (κ3) is 9.50. The number of ether oxygens (including phenoxy) is 2. The van der Waals surface area contributed by atoms with Crippen molar-refractivity contribution < 1.29 is 18.7 Å². The lowest BCUT2D eigenvalue weighted by atomic mass is 10.1. The first-order chi connectivity index (χ1) is 19.9. The quantitative estimate of drug-likeness (QED) is 0.111. The van der Waals surface area contributed by atoms with Gasteiger partial charge in [0, 0.05) is 31.7 Å². The summed E-state index contributed by atoms with van der Waals surface area (Å²) in [5.41, 5.74) is 2.15. The summed E-state index contributed by atoms with van der Waals surface area (Å²) in [5.74, 6) is 1.23. The number of benzene rings is 3. The number of para-hydroxylation sites is 1. The molecule has 0 spiro atoms. The molecule has 226 valence electrons. The fraction of sp³-hybridized carbons (Fsp3) is 0.412. The predicted molar refractivity (Wildman–Crippen MR) is 172 cm³/mol. The normalized spacial score (nSPS) is 11.2. The number of hydrogen-bond donors (Lipinski definition) is 1. The molecule has 1 heterocycles. The first-order valence-corrected chi connectivity index (χ1v) is 14.8. The van der Waals surface area contributed by atoms with E-state index in [9.17, 15) is 9.59 Å². The van der Waals surface area contributed by atoms with Gasteiger partial charge in [-0.1, -0.05) is 56.9 Å². The molecule has 0 unspecified atom stereocenters. The van der Waals surface area contributed by atoms with Crippen molar-refractivity contribution in [1.29, 1.82) is 0 Å². The molecule has 0 saturated heterocycles. The molecule has 7 nitrogen and oxygen atoms in total. The van der Waals surface area contributed by atoms with Gasteiger partial charge < -0.3 is 19.2 Å². The van der Waals surface area contributed by atoms with Gasteiger partial charge in [0.05, 0.1) is 17.4 Å². The molecule has 0 radical (unpaired) electrons. The van der Waals surface area contributed by atoms with Crippen molar-refractivity contribution in [3.63, 3.8) is 0 Å². The highest BCUT2D eigenvalue weighted by Gasteiger charge is 2.13. The number of unbranched alkanes of at least 4 members (excludes halogenated alkanes) is 4. The van der Waals surface area contributed by atoms with Crippen LogP contribution in [0.25, 0.3) is 21.9 Å². The molecule has 0 aliphatic heterocycles. The maximum absolute atomic E-state index is 12.8. The van der Waals surface area contributed by atoms with Gasteiger partial charge in [-0.25, -0.2) is 4.79 Å². The van der Waals surface area contributed by atoms with Crippen LogP contribution in [0.4, 0.5) is 4.79 Å². The number of nitrogens with one attached hydrogen (secondary N) is 1. The molecule has 42 heavy (non-hydrogen) atoms. The van der Waals surface area contributed by atoms with Crippen molar-refractivity contribution in [2.24, 2.45) is 0 Å². The number of halogens is 1. The minimum absolute atomic E-state index is 0. The number of hydrogen-bond acceptors (Lipinski definition) is 6. The first kappa shape index (κ1) is 33.0. The second-order valence-corrected chi connectivity index (χ2v) is 10.7. The minimum Gasteiger partial charge on any atom is -0.493 e. The van der Waals surface area contributed by atoms with Gasteiger partial charge in [-0.05, 0) is 68.7 Å². The van der Waals surface area contributed by atoms with E-state index in [1.165, 1.54) is 19.3 Å². The van der Waals surface area contributed by atoms with Crippen LogP contribution in [0, 0.1) is 0 Å². The zero-order valence-electron chi connectivity index (χ0n) is 24.9. The molecule has 1 aromatic heterocycles. The van der Waals surface area contributed by atoms with Crippen LogP contribution in [0.1, 0.15) is 64.9 Å². The predicted octanol–water partition coefficient (Wildman–Crippen LogP) is 8.11. The molecule has 1 amide bonds. The average molecular weight is 595 g/mol. The van der Waals surface area contributed by atoms with Crippen molar-refractivity contribution >= 4 is 40.4 Å². The van der Waals surface area contributed by atoms with Crippen molar-refractivity contribution in [3.8, 4) is 11.5 Å². The molecular weight excluding hydrogens is 552 g/mol. The standard InChI is InChI=1S/C34H42N2O5.ClH/c1-4-5-6-7-10-19-35-34(38)40-28-14-11-13-26(22-28)24-36(25(2)3)20-12-21-39-27-17-18-30-32(23-27)41-31-16-9-8-15-29(31)33(30)37;/h8-9,11,13-18,22-23,25H,4-7,10,12,19-21,24H2,1-3H3,(H,35,38);1H. The number of carbonyl (C=O) groups excluding carboxylic acids is 1. The molecule has 0 bridgehead atoms. The summed E-state index contributed by atoms with van der Waals surface area (Å²) in [7, 11) is 0. The maximum Gasteiger partial charge on any atom is 0.412 e. The fourth-order valence-corrected chi connectivity index (χ4v) is 4.85. The number of rotatable bonds is 15. The number of carbonyl (C=O) groups is 1. The zero-order valence-corrected chi connectivity index (χ0v) is 25.7. The number of amides is 1. The van der Waals surface area contributed by atoms with E-state index >= 15 is 0 Å². The maximum atomic E-state index is 12.8. The van der Waals surface area contributed by atoms with Crippen LogP contribution in [0.2, 0.25) is 0 Å². The van der Waals surface area contributed by atoms with Gasteiger partial charge in [0.2, 0.25) is 5.43 Å². The second-order valence-electron chi connectivity index (χ2n) is 10.7. The molecule has 0 aliphatic rings. The smallest absolute Gasteiger partial charge is 0.412 e. The minimum atomic E-state index is -0.406. The fourth-order valence-electron chi connectivity index (χ4n) is 4.85. The lowest BCUT2D eigenvalue weighted by molar-refractivity contribution is 0.189. The Labute approximate surface area is 254 Å². The molecule has 4 rings (SSSR count). The summed E-state index contributed by atoms with van der Waals surface area (Å²) in [6, 6.07) is 20.7. The Morgan fingerprint density at radius 2 is 1.67 bits per heavy atom. The van der Waals surface area contributed by atoms with Crippen LogP contribution >= 0.6 is 12.4 Å². The highest BCUT2D eigenvalue weighted by molar-refractivity contribution is 5.90. The van der Waals surface area contributed by atoms with E-state index in [2.05, 4.69) is 37.1 Å². The van der Waals surface area contributed by atoms with E-state index in [4.69, 9.17) is 13.9 Å². The summed E-state index contributed by atoms with van der Waals surface area (Å²) in [6.07, 6.45) is 6.16. The van der Waals surface area contributed by atoms with E-state index in [1.807, 2.05) is 36.4 Å². The summed E-state index contributed by atoms with van der Waals surface area (Å²) in [5, 5.41) is 3.98. The molecular formula is C34H43ClN2O5. The molecule has 8 heteroatoms. The average Bonchev–Trinajstić information content (AvgIpc) is 2.96. The van der Waals surface area contributed by atoms with E-state index in [0.29, 0.717) is 52.6 Å². The SMILES string of the molecule is CCCCCCCNC(=O)Oc1cccc(CN(CCCOc2ccc3c(=O)c4ccccc4oc3c2)C(C)C)c1.Cl. The van der Waals surface area contributed by atoms with E-state index in [-0.39, 0.29) is 17.8 Å². The van der Waals surface area contributed by atoms with Crippen LogP contribution < -0.4 is 20.2 Å². The number of fused-ring (bicyclic) bond motifs is 2. The van der Waals surface area contributed by atoms with Gasteiger partial charge in [0.25, 0.3) is 0 Å². The van der Waals surface area contributed by atoms with Gasteiger partial charge in [-0.15, -0.1) is 12.4 Å². The Hall–Kier alpha value is -3.55.